The highest BCUT2D eigenvalue weighted by Crippen LogP contribution is 2.44. The van der Waals surface area contributed by atoms with Crippen molar-refractivity contribution in [3.63, 3.8) is 0 Å². The average molecular weight is 589 g/mol. The molecule has 0 spiro atoms. The number of anilines is 3. The Labute approximate surface area is 266 Å². The van der Waals surface area contributed by atoms with Crippen molar-refractivity contribution in [2.45, 2.75) is 0 Å². The molecule has 0 amide bonds. The van der Waals surface area contributed by atoms with Crippen LogP contribution in [-0.4, -0.2) is 4.98 Å². The molecular formula is C43H28N2O. The quantitative estimate of drug-likeness (QED) is 0.187. The lowest BCUT2D eigenvalue weighted by molar-refractivity contribution is 0.623. The number of fused-ring (bicyclic) bond motifs is 6. The monoisotopic (exact) mass is 588 g/mol. The van der Waals surface area contributed by atoms with E-state index in [1.54, 1.807) is 0 Å². The van der Waals surface area contributed by atoms with Crippen LogP contribution in [0, 0.1) is 0 Å². The SMILES string of the molecule is c1ccc(-c2nc3ccc4c(-c5ccccc5)cc5ccc(N(c6ccccc6)c6cccc7ccccc67)cc5c4c3o2)cc1. The number of benzene rings is 8. The zero-order valence-corrected chi connectivity index (χ0v) is 25.0. The van der Waals surface area contributed by atoms with E-state index in [0.29, 0.717) is 5.89 Å². The van der Waals surface area contributed by atoms with Crippen LogP contribution in [0.4, 0.5) is 17.1 Å². The van der Waals surface area contributed by atoms with Gasteiger partial charge in [0.2, 0.25) is 5.89 Å². The van der Waals surface area contributed by atoms with Crippen LogP contribution in [0.1, 0.15) is 0 Å². The van der Waals surface area contributed by atoms with Gasteiger partial charge in [-0.25, -0.2) is 4.98 Å². The first kappa shape index (κ1) is 26.2. The molecule has 216 valence electrons. The molecule has 46 heavy (non-hydrogen) atoms. The number of rotatable bonds is 5. The summed E-state index contributed by atoms with van der Waals surface area (Å²) in [7, 11) is 0. The molecule has 0 aliphatic rings. The van der Waals surface area contributed by atoms with Crippen molar-refractivity contribution in [3.05, 3.63) is 170 Å². The van der Waals surface area contributed by atoms with Crippen molar-refractivity contribution >= 4 is 60.5 Å². The average Bonchev–Trinajstić information content (AvgIpc) is 3.58. The molecule has 0 saturated heterocycles. The molecule has 9 aromatic rings. The van der Waals surface area contributed by atoms with Crippen LogP contribution in [0.3, 0.4) is 0 Å². The van der Waals surface area contributed by atoms with Crippen LogP contribution in [0.15, 0.2) is 174 Å². The van der Waals surface area contributed by atoms with Crippen LogP contribution in [-0.2, 0) is 0 Å². The van der Waals surface area contributed by atoms with E-state index in [4.69, 9.17) is 9.40 Å². The Bertz CT molecular complexity index is 2510. The molecule has 0 aliphatic carbocycles. The van der Waals surface area contributed by atoms with Crippen molar-refractivity contribution in [1.29, 1.82) is 0 Å². The fourth-order valence-corrected chi connectivity index (χ4v) is 6.71. The van der Waals surface area contributed by atoms with E-state index in [9.17, 15) is 0 Å². The Morgan fingerprint density at radius 1 is 0.457 bits per heavy atom. The third kappa shape index (κ3) is 4.33. The predicted molar refractivity (Wildman–Crippen MR) is 192 cm³/mol. The van der Waals surface area contributed by atoms with Gasteiger partial charge in [-0.2, -0.15) is 0 Å². The van der Waals surface area contributed by atoms with E-state index in [1.807, 2.05) is 30.3 Å². The fraction of sp³-hybridized carbons (Fsp3) is 0. The minimum absolute atomic E-state index is 0.624. The van der Waals surface area contributed by atoms with Gasteiger partial charge in [-0.15, -0.1) is 0 Å². The summed E-state index contributed by atoms with van der Waals surface area (Å²) in [6.45, 7) is 0. The second kappa shape index (κ2) is 10.8. The van der Waals surface area contributed by atoms with E-state index in [2.05, 4.69) is 144 Å². The van der Waals surface area contributed by atoms with Crippen molar-refractivity contribution in [2.24, 2.45) is 0 Å². The molecule has 0 aliphatic heterocycles. The molecule has 0 bridgehead atoms. The normalized spacial score (nSPS) is 11.5. The van der Waals surface area contributed by atoms with Gasteiger partial charge < -0.3 is 9.32 Å². The Morgan fingerprint density at radius 3 is 1.96 bits per heavy atom. The molecule has 0 N–H and O–H groups in total. The highest BCUT2D eigenvalue weighted by Gasteiger charge is 2.20. The number of oxazole rings is 1. The summed E-state index contributed by atoms with van der Waals surface area (Å²) in [5.74, 6) is 0.624. The topological polar surface area (TPSA) is 29.3 Å². The molecule has 8 aromatic carbocycles. The molecule has 0 saturated carbocycles. The van der Waals surface area contributed by atoms with Crippen LogP contribution in [0.5, 0.6) is 0 Å². The van der Waals surface area contributed by atoms with Gasteiger partial charge in [-0.3, -0.25) is 0 Å². The number of para-hydroxylation sites is 1. The van der Waals surface area contributed by atoms with Gasteiger partial charge in [0.1, 0.15) is 5.52 Å². The lowest BCUT2D eigenvalue weighted by Crippen LogP contribution is -2.10. The third-order valence-electron chi connectivity index (χ3n) is 8.84. The van der Waals surface area contributed by atoms with Gasteiger partial charge in [0, 0.05) is 27.7 Å². The third-order valence-corrected chi connectivity index (χ3v) is 8.84. The van der Waals surface area contributed by atoms with Crippen LogP contribution in [0.25, 0.3) is 66.0 Å². The fourth-order valence-electron chi connectivity index (χ4n) is 6.71. The molecule has 0 fully saturated rings. The number of nitrogens with zero attached hydrogens (tertiary/aromatic N) is 2. The smallest absolute Gasteiger partial charge is 0.227 e. The van der Waals surface area contributed by atoms with Gasteiger partial charge in [-0.05, 0) is 87.3 Å². The maximum Gasteiger partial charge on any atom is 0.227 e. The van der Waals surface area contributed by atoms with E-state index in [-0.39, 0.29) is 0 Å². The predicted octanol–water partition coefficient (Wildman–Crippen LogP) is 12.1. The Balaban J connectivity index is 1.36. The molecule has 3 heteroatoms. The molecule has 0 atom stereocenters. The lowest BCUT2D eigenvalue weighted by atomic mass is 9.92. The molecule has 0 radical (unpaired) electrons. The summed E-state index contributed by atoms with van der Waals surface area (Å²) >= 11 is 0. The van der Waals surface area contributed by atoms with Crippen molar-refractivity contribution in [3.8, 4) is 22.6 Å². The number of hydrogen-bond donors (Lipinski definition) is 0. The largest absolute Gasteiger partial charge is 0.435 e. The van der Waals surface area contributed by atoms with E-state index in [0.717, 1.165) is 55.3 Å². The van der Waals surface area contributed by atoms with Crippen LogP contribution in [0.2, 0.25) is 0 Å². The lowest BCUT2D eigenvalue weighted by Gasteiger charge is -2.27. The minimum Gasteiger partial charge on any atom is -0.435 e. The first-order valence-corrected chi connectivity index (χ1v) is 15.6. The number of hydrogen-bond acceptors (Lipinski definition) is 3. The van der Waals surface area contributed by atoms with Gasteiger partial charge in [0.25, 0.3) is 0 Å². The first-order chi connectivity index (χ1) is 22.8. The summed E-state index contributed by atoms with van der Waals surface area (Å²) in [6, 6.07) is 59.8. The molecule has 3 nitrogen and oxygen atoms in total. The Kier molecular flexibility index (Phi) is 6.14. The van der Waals surface area contributed by atoms with Crippen molar-refractivity contribution < 1.29 is 4.42 Å². The van der Waals surface area contributed by atoms with E-state index >= 15 is 0 Å². The Hall–Kier alpha value is -6.19. The number of aromatic nitrogens is 1. The van der Waals surface area contributed by atoms with Gasteiger partial charge >= 0.3 is 0 Å². The zero-order valence-electron chi connectivity index (χ0n) is 25.0. The molecule has 9 rings (SSSR count). The van der Waals surface area contributed by atoms with Crippen molar-refractivity contribution in [2.75, 3.05) is 4.90 Å². The van der Waals surface area contributed by atoms with Crippen LogP contribution >= 0.6 is 0 Å². The highest BCUT2D eigenvalue weighted by atomic mass is 16.3. The summed E-state index contributed by atoms with van der Waals surface area (Å²) < 4.78 is 6.67. The minimum atomic E-state index is 0.624. The summed E-state index contributed by atoms with van der Waals surface area (Å²) in [6.07, 6.45) is 0. The van der Waals surface area contributed by atoms with Crippen LogP contribution < -0.4 is 4.90 Å². The second-order valence-electron chi connectivity index (χ2n) is 11.6. The maximum absolute atomic E-state index is 6.67. The molecule has 0 unspecified atom stereocenters. The van der Waals surface area contributed by atoms with E-state index < -0.39 is 0 Å². The molecular weight excluding hydrogens is 560 g/mol. The first-order valence-electron chi connectivity index (χ1n) is 15.6. The molecule has 1 aromatic heterocycles. The summed E-state index contributed by atoms with van der Waals surface area (Å²) in [5, 5.41) is 6.87. The molecule has 1 heterocycles. The second-order valence-corrected chi connectivity index (χ2v) is 11.6. The van der Waals surface area contributed by atoms with E-state index in [1.165, 1.54) is 21.9 Å². The summed E-state index contributed by atoms with van der Waals surface area (Å²) in [4.78, 5) is 7.31. The van der Waals surface area contributed by atoms with Gasteiger partial charge in [-0.1, -0.05) is 115 Å². The van der Waals surface area contributed by atoms with Crippen molar-refractivity contribution in [1.82, 2.24) is 4.98 Å². The Morgan fingerprint density at radius 2 is 1.15 bits per heavy atom. The zero-order chi connectivity index (χ0) is 30.5. The van der Waals surface area contributed by atoms with Gasteiger partial charge in [0.05, 0.1) is 5.69 Å². The summed E-state index contributed by atoms with van der Waals surface area (Å²) in [5.41, 5.74) is 8.24. The standard InChI is InChI=1S/C43H28N2O/c1-4-13-30(14-5-1)37-27-32-23-24-34(45(33-19-8-3-9-20-33)40-22-12-18-29-15-10-11-21-35(29)40)28-38(32)41-36(37)25-26-39-42(41)46-43(44-39)31-16-6-2-7-17-31/h1-28H. The maximum atomic E-state index is 6.67. The van der Waals surface area contributed by atoms with Gasteiger partial charge in [0.15, 0.2) is 5.58 Å². The highest BCUT2D eigenvalue weighted by molar-refractivity contribution is 6.23.